The van der Waals surface area contributed by atoms with Crippen LogP contribution in [0.4, 0.5) is 0 Å². The molecule has 90 valence electrons. The molecular weight excluding hydrogens is 265 g/mol. The van der Waals surface area contributed by atoms with Crippen LogP contribution < -0.4 is 0 Å². The van der Waals surface area contributed by atoms with Crippen molar-refractivity contribution in [1.82, 2.24) is 4.98 Å². The molecule has 18 heavy (non-hydrogen) atoms. The Hall–Kier alpha value is -1.44. The zero-order valence-corrected chi connectivity index (χ0v) is 11.3. The van der Waals surface area contributed by atoms with Crippen molar-refractivity contribution < 1.29 is 0 Å². The SMILES string of the molecule is Cc1ccccc1-c1cc2c(Cl)cc(Cl)cc2[nH]1. The van der Waals surface area contributed by atoms with Crippen LogP contribution in [0.25, 0.3) is 22.2 Å². The number of aromatic amines is 1. The lowest BCUT2D eigenvalue weighted by atomic mass is 10.1. The first-order valence-corrected chi connectivity index (χ1v) is 6.44. The van der Waals surface area contributed by atoms with E-state index in [1.54, 1.807) is 6.07 Å². The lowest BCUT2D eigenvalue weighted by Crippen LogP contribution is -1.81. The fourth-order valence-electron chi connectivity index (χ4n) is 2.18. The third-order valence-electron chi connectivity index (χ3n) is 3.09. The molecule has 0 unspecified atom stereocenters. The highest BCUT2D eigenvalue weighted by Crippen LogP contribution is 2.32. The number of aryl methyl sites for hydroxylation is 1. The molecule has 0 bridgehead atoms. The van der Waals surface area contributed by atoms with Crippen molar-refractivity contribution in [2.24, 2.45) is 0 Å². The molecule has 1 heterocycles. The molecule has 2 aromatic carbocycles. The van der Waals surface area contributed by atoms with Crippen molar-refractivity contribution in [3.63, 3.8) is 0 Å². The monoisotopic (exact) mass is 275 g/mol. The average molecular weight is 276 g/mol. The van der Waals surface area contributed by atoms with E-state index in [1.165, 1.54) is 11.1 Å². The van der Waals surface area contributed by atoms with Crippen LogP contribution in [0, 0.1) is 6.92 Å². The van der Waals surface area contributed by atoms with Gasteiger partial charge in [-0.05, 0) is 30.7 Å². The number of hydrogen-bond acceptors (Lipinski definition) is 0. The number of nitrogens with one attached hydrogen (secondary N) is 1. The first kappa shape index (κ1) is 11.6. The van der Waals surface area contributed by atoms with E-state index in [-0.39, 0.29) is 0 Å². The Bertz CT molecular complexity index is 728. The van der Waals surface area contributed by atoms with Crippen LogP contribution in [0.1, 0.15) is 5.56 Å². The quantitative estimate of drug-likeness (QED) is 0.608. The number of rotatable bonds is 1. The summed E-state index contributed by atoms with van der Waals surface area (Å²) in [4.78, 5) is 3.37. The smallest absolute Gasteiger partial charge is 0.0514 e. The molecule has 0 aliphatic heterocycles. The molecule has 0 fully saturated rings. The normalized spacial score (nSPS) is 11.1. The summed E-state index contributed by atoms with van der Waals surface area (Å²) in [5.41, 5.74) is 4.44. The minimum atomic E-state index is 0.644. The van der Waals surface area contributed by atoms with Crippen LogP contribution in [0.15, 0.2) is 42.5 Å². The molecule has 0 radical (unpaired) electrons. The van der Waals surface area contributed by atoms with Gasteiger partial charge in [-0.1, -0.05) is 47.5 Å². The van der Waals surface area contributed by atoms with E-state index in [0.717, 1.165) is 16.6 Å². The van der Waals surface area contributed by atoms with Crippen molar-refractivity contribution in [2.75, 3.05) is 0 Å². The number of fused-ring (bicyclic) bond motifs is 1. The summed E-state index contributed by atoms with van der Waals surface area (Å²) in [5, 5.41) is 2.32. The second-order valence-electron chi connectivity index (χ2n) is 4.35. The molecule has 1 aromatic heterocycles. The van der Waals surface area contributed by atoms with Crippen LogP contribution in [0.5, 0.6) is 0 Å². The average Bonchev–Trinajstić information content (AvgIpc) is 2.73. The van der Waals surface area contributed by atoms with E-state index in [2.05, 4.69) is 30.1 Å². The highest BCUT2D eigenvalue weighted by molar-refractivity contribution is 6.38. The van der Waals surface area contributed by atoms with E-state index in [1.807, 2.05) is 18.2 Å². The van der Waals surface area contributed by atoms with Gasteiger partial charge in [-0.15, -0.1) is 0 Å². The Kier molecular flexibility index (Phi) is 2.81. The molecule has 1 N–H and O–H groups in total. The maximum atomic E-state index is 6.20. The minimum absolute atomic E-state index is 0.644. The van der Waals surface area contributed by atoms with Crippen molar-refractivity contribution in [2.45, 2.75) is 6.92 Å². The molecule has 3 rings (SSSR count). The summed E-state index contributed by atoms with van der Waals surface area (Å²) in [5.74, 6) is 0. The van der Waals surface area contributed by atoms with Crippen molar-refractivity contribution in [1.29, 1.82) is 0 Å². The van der Waals surface area contributed by atoms with Crippen molar-refractivity contribution in [3.8, 4) is 11.3 Å². The van der Waals surface area contributed by atoms with Crippen LogP contribution in [0.3, 0.4) is 0 Å². The fraction of sp³-hybridized carbons (Fsp3) is 0.0667. The van der Waals surface area contributed by atoms with Crippen LogP contribution in [-0.4, -0.2) is 4.98 Å². The molecule has 3 aromatic rings. The van der Waals surface area contributed by atoms with Gasteiger partial charge in [-0.25, -0.2) is 0 Å². The Labute approximate surface area is 115 Å². The highest BCUT2D eigenvalue weighted by atomic mass is 35.5. The van der Waals surface area contributed by atoms with Crippen LogP contribution in [0.2, 0.25) is 10.0 Å². The van der Waals surface area contributed by atoms with Gasteiger partial charge in [0.1, 0.15) is 0 Å². The summed E-state index contributed by atoms with van der Waals surface area (Å²) in [6, 6.07) is 14.0. The van der Waals surface area contributed by atoms with Crippen molar-refractivity contribution >= 4 is 34.1 Å². The number of aromatic nitrogens is 1. The van der Waals surface area contributed by atoms with Gasteiger partial charge in [0, 0.05) is 27.2 Å². The number of H-pyrrole nitrogens is 1. The summed E-state index contributed by atoms with van der Waals surface area (Å²) in [6.45, 7) is 2.09. The summed E-state index contributed by atoms with van der Waals surface area (Å²) in [7, 11) is 0. The summed E-state index contributed by atoms with van der Waals surface area (Å²) >= 11 is 12.2. The molecule has 1 nitrogen and oxygen atoms in total. The first-order chi connectivity index (χ1) is 8.65. The van der Waals surface area contributed by atoms with Gasteiger partial charge in [0.05, 0.1) is 5.02 Å². The van der Waals surface area contributed by atoms with E-state index in [9.17, 15) is 0 Å². The van der Waals surface area contributed by atoms with Crippen LogP contribution >= 0.6 is 23.2 Å². The largest absolute Gasteiger partial charge is 0.354 e. The molecule has 0 aliphatic carbocycles. The van der Waals surface area contributed by atoms with Crippen LogP contribution in [-0.2, 0) is 0 Å². The molecule has 0 atom stereocenters. The first-order valence-electron chi connectivity index (χ1n) is 5.69. The maximum Gasteiger partial charge on any atom is 0.0514 e. The second kappa shape index (κ2) is 4.34. The van der Waals surface area contributed by atoms with Gasteiger partial charge < -0.3 is 4.98 Å². The minimum Gasteiger partial charge on any atom is -0.354 e. The van der Waals surface area contributed by atoms with E-state index in [4.69, 9.17) is 23.2 Å². The van der Waals surface area contributed by atoms with Gasteiger partial charge in [-0.2, -0.15) is 0 Å². The van der Waals surface area contributed by atoms with Gasteiger partial charge in [0.25, 0.3) is 0 Å². The molecule has 0 saturated heterocycles. The van der Waals surface area contributed by atoms with E-state index < -0.39 is 0 Å². The molecule has 0 saturated carbocycles. The zero-order chi connectivity index (χ0) is 12.7. The Morgan fingerprint density at radius 1 is 1.00 bits per heavy atom. The van der Waals surface area contributed by atoms with Gasteiger partial charge >= 0.3 is 0 Å². The van der Waals surface area contributed by atoms with Crippen molar-refractivity contribution in [3.05, 3.63) is 58.1 Å². The van der Waals surface area contributed by atoms with Gasteiger partial charge in [0.15, 0.2) is 0 Å². The Balaban J connectivity index is 2.26. The summed E-state index contributed by atoms with van der Waals surface area (Å²) < 4.78 is 0. The highest BCUT2D eigenvalue weighted by Gasteiger charge is 2.08. The molecule has 0 amide bonds. The van der Waals surface area contributed by atoms with Gasteiger partial charge in [-0.3, -0.25) is 0 Å². The third-order valence-corrected chi connectivity index (χ3v) is 3.62. The number of hydrogen-bond donors (Lipinski definition) is 1. The fourth-order valence-corrected chi connectivity index (χ4v) is 2.73. The van der Waals surface area contributed by atoms with E-state index in [0.29, 0.717) is 10.0 Å². The number of benzene rings is 2. The molecule has 0 aliphatic rings. The Morgan fingerprint density at radius 2 is 1.78 bits per heavy atom. The van der Waals surface area contributed by atoms with E-state index >= 15 is 0 Å². The van der Waals surface area contributed by atoms with Gasteiger partial charge in [0.2, 0.25) is 0 Å². The predicted molar refractivity (Wildman–Crippen MR) is 78.5 cm³/mol. The molecular formula is C15H11Cl2N. The molecule has 0 spiro atoms. The third kappa shape index (κ3) is 1.90. The maximum absolute atomic E-state index is 6.20. The topological polar surface area (TPSA) is 15.8 Å². The Morgan fingerprint density at radius 3 is 2.56 bits per heavy atom. The second-order valence-corrected chi connectivity index (χ2v) is 5.19. The molecule has 3 heteroatoms. The number of halogens is 2. The predicted octanol–water partition coefficient (Wildman–Crippen LogP) is 5.45. The summed E-state index contributed by atoms with van der Waals surface area (Å²) in [6.07, 6.45) is 0. The lowest BCUT2D eigenvalue weighted by molar-refractivity contribution is 1.39. The lowest BCUT2D eigenvalue weighted by Gasteiger charge is -2.01. The zero-order valence-electron chi connectivity index (χ0n) is 9.80. The standard InChI is InChI=1S/C15H11Cl2N/c1-9-4-2-3-5-11(9)15-8-12-13(17)6-10(16)7-14(12)18-15/h2-8,18H,1H3.